The zero-order chi connectivity index (χ0) is 14.0. The first kappa shape index (κ1) is 14.1. The Bertz CT molecular complexity index is 482. The Morgan fingerprint density at radius 1 is 1.35 bits per heavy atom. The average molecular weight is 337 g/mol. The first-order valence-electron chi connectivity index (χ1n) is 7.44. The van der Waals surface area contributed by atoms with E-state index in [0.29, 0.717) is 18.0 Å². The largest absolute Gasteiger partial charge is 0.353 e. The van der Waals surface area contributed by atoms with E-state index in [2.05, 4.69) is 26.6 Å². The molecule has 2 N–H and O–H groups in total. The molecular formula is C16H21BrN2O. The van der Waals surface area contributed by atoms with Crippen molar-refractivity contribution in [3.63, 3.8) is 0 Å². The summed E-state index contributed by atoms with van der Waals surface area (Å²) in [7, 11) is 0. The third-order valence-corrected chi connectivity index (χ3v) is 5.11. The van der Waals surface area contributed by atoms with Crippen LogP contribution in [0.15, 0.2) is 28.7 Å². The van der Waals surface area contributed by atoms with Gasteiger partial charge in [0.1, 0.15) is 0 Å². The third kappa shape index (κ3) is 3.23. The maximum Gasteiger partial charge on any atom is 0.224 e. The van der Waals surface area contributed by atoms with Crippen molar-refractivity contribution in [3.05, 3.63) is 34.3 Å². The summed E-state index contributed by atoms with van der Waals surface area (Å²) >= 11 is 3.41. The van der Waals surface area contributed by atoms with E-state index in [9.17, 15) is 4.79 Å². The monoisotopic (exact) mass is 336 g/mol. The lowest BCUT2D eigenvalue weighted by molar-refractivity contribution is -0.121. The smallest absolute Gasteiger partial charge is 0.224 e. The highest BCUT2D eigenvalue weighted by molar-refractivity contribution is 9.10. The van der Waals surface area contributed by atoms with Gasteiger partial charge in [0.15, 0.2) is 0 Å². The fourth-order valence-corrected chi connectivity index (χ4v) is 3.60. The number of nitrogens with one attached hydrogen (secondary N) is 2. The predicted molar refractivity (Wildman–Crippen MR) is 83.6 cm³/mol. The van der Waals surface area contributed by atoms with Crippen LogP contribution in [-0.2, 0) is 11.2 Å². The molecule has 1 heterocycles. The molecule has 2 fully saturated rings. The Morgan fingerprint density at radius 3 is 2.75 bits per heavy atom. The molecule has 1 saturated carbocycles. The highest BCUT2D eigenvalue weighted by Crippen LogP contribution is 2.38. The molecule has 1 atom stereocenters. The molecule has 1 aromatic carbocycles. The number of amides is 1. The molecule has 1 aromatic rings. The summed E-state index contributed by atoms with van der Waals surface area (Å²) in [5.41, 5.74) is 1.41. The van der Waals surface area contributed by atoms with Gasteiger partial charge in [-0.1, -0.05) is 28.1 Å². The molecule has 20 heavy (non-hydrogen) atoms. The van der Waals surface area contributed by atoms with E-state index in [-0.39, 0.29) is 5.91 Å². The van der Waals surface area contributed by atoms with Crippen LogP contribution >= 0.6 is 15.9 Å². The minimum absolute atomic E-state index is 0.147. The summed E-state index contributed by atoms with van der Waals surface area (Å²) < 4.78 is 1.05. The van der Waals surface area contributed by atoms with E-state index in [0.717, 1.165) is 29.4 Å². The van der Waals surface area contributed by atoms with Crippen molar-refractivity contribution in [1.82, 2.24) is 10.6 Å². The minimum atomic E-state index is 0.147. The van der Waals surface area contributed by atoms with E-state index in [1.165, 1.54) is 19.3 Å². The third-order valence-electron chi connectivity index (χ3n) is 4.58. The van der Waals surface area contributed by atoms with Crippen LogP contribution in [-0.4, -0.2) is 24.0 Å². The molecule has 1 spiro atoms. The van der Waals surface area contributed by atoms with Crippen LogP contribution in [0.25, 0.3) is 0 Å². The van der Waals surface area contributed by atoms with Gasteiger partial charge in [-0.15, -0.1) is 0 Å². The minimum Gasteiger partial charge on any atom is -0.353 e. The van der Waals surface area contributed by atoms with Crippen LogP contribution < -0.4 is 10.6 Å². The molecule has 1 amide bonds. The van der Waals surface area contributed by atoms with Gasteiger partial charge in [-0.3, -0.25) is 4.79 Å². The Morgan fingerprint density at radius 2 is 2.10 bits per heavy atom. The number of rotatable bonds is 3. The van der Waals surface area contributed by atoms with Crippen molar-refractivity contribution in [2.75, 3.05) is 6.54 Å². The summed E-state index contributed by atoms with van der Waals surface area (Å²) in [5.74, 6) is 0.147. The number of carbonyl (C=O) groups excluding carboxylic acids is 1. The fourth-order valence-electron chi connectivity index (χ4n) is 3.33. The van der Waals surface area contributed by atoms with Crippen LogP contribution in [0.1, 0.15) is 37.7 Å². The zero-order valence-corrected chi connectivity index (χ0v) is 13.2. The van der Waals surface area contributed by atoms with Gasteiger partial charge in [0, 0.05) is 16.1 Å². The molecule has 0 aromatic heterocycles. The van der Waals surface area contributed by atoms with E-state index >= 15 is 0 Å². The molecule has 4 heteroatoms. The molecular weight excluding hydrogens is 316 g/mol. The lowest BCUT2D eigenvalue weighted by atomic mass is 9.70. The van der Waals surface area contributed by atoms with Gasteiger partial charge in [-0.2, -0.15) is 0 Å². The number of hydrogen-bond acceptors (Lipinski definition) is 2. The topological polar surface area (TPSA) is 41.1 Å². The molecule has 3 rings (SSSR count). The van der Waals surface area contributed by atoms with Crippen LogP contribution in [0.2, 0.25) is 0 Å². The van der Waals surface area contributed by atoms with Gasteiger partial charge in [0.25, 0.3) is 0 Å². The molecule has 108 valence electrons. The summed E-state index contributed by atoms with van der Waals surface area (Å²) in [5, 5.41) is 6.85. The highest BCUT2D eigenvalue weighted by Gasteiger charge is 2.41. The Kier molecular flexibility index (Phi) is 4.13. The Labute approximate surface area is 128 Å². The molecule has 1 aliphatic heterocycles. The number of benzene rings is 1. The van der Waals surface area contributed by atoms with Crippen molar-refractivity contribution >= 4 is 21.8 Å². The van der Waals surface area contributed by atoms with Crippen LogP contribution in [0.4, 0.5) is 0 Å². The first-order chi connectivity index (χ1) is 9.65. The lowest BCUT2D eigenvalue weighted by Gasteiger charge is -2.48. The summed E-state index contributed by atoms with van der Waals surface area (Å²) in [6, 6.07) is 8.31. The van der Waals surface area contributed by atoms with E-state index in [1.807, 2.05) is 24.3 Å². The van der Waals surface area contributed by atoms with Crippen LogP contribution in [0.3, 0.4) is 0 Å². The molecule has 2 aliphatic rings. The van der Waals surface area contributed by atoms with Gasteiger partial charge >= 0.3 is 0 Å². The normalized spacial score (nSPS) is 24.1. The molecule has 0 radical (unpaired) electrons. The Balaban J connectivity index is 1.52. The standard InChI is InChI=1S/C16H21BrN2O/c17-13-4-2-12(3-5-13)10-15(20)19-14-6-9-18-16(11-14)7-1-8-16/h2-5,14,18H,1,6-11H2,(H,19,20). The van der Waals surface area contributed by atoms with E-state index in [4.69, 9.17) is 0 Å². The number of carbonyl (C=O) groups is 1. The Hall–Kier alpha value is -0.870. The number of piperidine rings is 1. The first-order valence-corrected chi connectivity index (χ1v) is 8.23. The summed E-state index contributed by atoms with van der Waals surface area (Å²) in [6.45, 7) is 1.03. The van der Waals surface area contributed by atoms with Gasteiger partial charge in [0.2, 0.25) is 5.91 Å². The van der Waals surface area contributed by atoms with Crippen molar-refractivity contribution in [1.29, 1.82) is 0 Å². The second kappa shape index (κ2) is 5.86. The van der Waals surface area contributed by atoms with Gasteiger partial charge in [-0.05, 0) is 56.3 Å². The van der Waals surface area contributed by atoms with Crippen molar-refractivity contribution in [2.24, 2.45) is 0 Å². The molecule has 3 nitrogen and oxygen atoms in total. The average Bonchev–Trinajstić information content (AvgIpc) is 2.40. The lowest BCUT2D eigenvalue weighted by Crippen LogP contribution is -2.59. The maximum atomic E-state index is 12.1. The SMILES string of the molecule is O=C(Cc1ccc(Br)cc1)NC1CCNC2(CCC2)C1. The maximum absolute atomic E-state index is 12.1. The molecule has 0 bridgehead atoms. The van der Waals surface area contributed by atoms with Crippen molar-refractivity contribution in [3.8, 4) is 0 Å². The second-order valence-corrected chi connectivity index (χ2v) is 7.04. The number of halogens is 1. The second-order valence-electron chi connectivity index (χ2n) is 6.12. The van der Waals surface area contributed by atoms with Gasteiger partial charge in [-0.25, -0.2) is 0 Å². The van der Waals surface area contributed by atoms with Crippen molar-refractivity contribution in [2.45, 2.75) is 50.1 Å². The fraction of sp³-hybridized carbons (Fsp3) is 0.562. The summed E-state index contributed by atoms with van der Waals surface area (Å²) in [4.78, 5) is 12.1. The van der Waals surface area contributed by atoms with Crippen molar-refractivity contribution < 1.29 is 4.79 Å². The zero-order valence-electron chi connectivity index (χ0n) is 11.6. The quantitative estimate of drug-likeness (QED) is 0.891. The van der Waals surface area contributed by atoms with Gasteiger partial charge < -0.3 is 10.6 Å². The van der Waals surface area contributed by atoms with Crippen LogP contribution in [0.5, 0.6) is 0 Å². The van der Waals surface area contributed by atoms with E-state index < -0.39 is 0 Å². The van der Waals surface area contributed by atoms with Gasteiger partial charge in [0.05, 0.1) is 6.42 Å². The molecule has 1 unspecified atom stereocenters. The van der Waals surface area contributed by atoms with E-state index in [1.54, 1.807) is 0 Å². The molecule has 1 saturated heterocycles. The molecule has 1 aliphatic carbocycles. The summed E-state index contributed by atoms with van der Waals surface area (Å²) in [6.07, 6.45) is 6.49. The van der Waals surface area contributed by atoms with Crippen LogP contribution in [0, 0.1) is 0 Å². The number of hydrogen-bond donors (Lipinski definition) is 2. The highest BCUT2D eigenvalue weighted by atomic mass is 79.9. The predicted octanol–water partition coefficient (Wildman–Crippen LogP) is 2.78.